The number of piperidine rings is 1. The second-order valence-corrected chi connectivity index (χ2v) is 6.49. The van der Waals surface area contributed by atoms with Gasteiger partial charge < -0.3 is 15.7 Å². The molecule has 1 heterocycles. The number of carbonyl (C=O) groups is 1. The van der Waals surface area contributed by atoms with Crippen LogP contribution in [0, 0.1) is 11.7 Å². The van der Waals surface area contributed by atoms with Crippen molar-refractivity contribution in [3.05, 3.63) is 30.1 Å². The maximum Gasteiger partial charge on any atom is 0.220 e. The lowest BCUT2D eigenvalue weighted by molar-refractivity contribution is -0.123. The summed E-state index contributed by atoms with van der Waals surface area (Å²) in [6, 6.07) is 6.27. The van der Waals surface area contributed by atoms with Gasteiger partial charge in [-0.1, -0.05) is 0 Å². The highest BCUT2D eigenvalue weighted by atomic mass is 32.2. The first-order valence-corrected chi connectivity index (χ1v) is 8.11. The van der Waals surface area contributed by atoms with Crippen molar-refractivity contribution in [3.8, 4) is 0 Å². The summed E-state index contributed by atoms with van der Waals surface area (Å²) < 4.78 is 12.8. The van der Waals surface area contributed by atoms with Crippen molar-refractivity contribution in [2.24, 2.45) is 11.7 Å². The Morgan fingerprint density at radius 3 is 2.57 bits per heavy atom. The Kier molecular flexibility index (Phi) is 6.02. The number of aliphatic hydroxyl groups is 1. The molecule has 0 radical (unpaired) electrons. The Hall–Kier alpha value is -1.11. The topological polar surface area (TPSA) is 66.6 Å². The molecule has 3 N–H and O–H groups in total. The lowest BCUT2D eigenvalue weighted by Gasteiger charge is -2.31. The van der Waals surface area contributed by atoms with Gasteiger partial charge in [-0.25, -0.2) is 4.39 Å². The van der Waals surface area contributed by atoms with E-state index in [0.717, 1.165) is 30.8 Å². The Morgan fingerprint density at radius 2 is 2.00 bits per heavy atom. The molecule has 1 aliphatic rings. The van der Waals surface area contributed by atoms with Crippen LogP contribution in [-0.4, -0.2) is 47.4 Å². The van der Waals surface area contributed by atoms with Gasteiger partial charge in [0.2, 0.25) is 5.91 Å². The van der Waals surface area contributed by atoms with Crippen molar-refractivity contribution in [1.82, 2.24) is 4.90 Å². The second kappa shape index (κ2) is 7.77. The molecule has 1 saturated heterocycles. The average Bonchev–Trinajstić information content (AvgIpc) is 2.47. The zero-order valence-electron chi connectivity index (χ0n) is 11.9. The van der Waals surface area contributed by atoms with Crippen LogP contribution in [0.5, 0.6) is 0 Å². The fourth-order valence-corrected chi connectivity index (χ4v) is 3.29. The van der Waals surface area contributed by atoms with Crippen molar-refractivity contribution in [1.29, 1.82) is 0 Å². The number of thioether (sulfide) groups is 1. The standard InChI is InChI=1S/C15H21FN2O2S/c16-12-1-3-14(4-2-12)21-10-13(19)9-18-7-5-11(6-8-18)15(17)20/h1-4,11,13,19H,5-10H2,(H2,17,20)/t13-/m0/s1. The molecule has 0 aliphatic carbocycles. The van der Waals surface area contributed by atoms with Crippen LogP contribution in [0.3, 0.4) is 0 Å². The number of primary amides is 1. The molecule has 116 valence electrons. The van der Waals surface area contributed by atoms with Crippen LogP contribution in [0.4, 0.5) is 4.39 Å². The quantitative estimate of drug-likeness (QED) is 0.781. The molecule has 6 heteroatoms. The predicted molar refractivity (Wildman–Crippen MR) is 81.5 cm³/mol. The monoisotopic (exact) mass is 312 g/mol. The molecular weight excluding hydrogens is 291 g/mol. The number of nitrogens with two attached hydrogens (primary N) is 1. The lowest BCUT2D eigenvalue weighted by atomic mass is 9.96. The van der Waals surface area contributed by atoms with E-state index >= 15 is 0 Å². The minimum Gasteiger partial charge on any atom is -0.391 e. The molecule has 0 saturated carbocycles. The molecule has 21 heavy (non-hydrogen) atoms. The van der Waals surface area contributed by atoms with Crippen LogP contribution >= 0.6 is 11.8 Å². The van der Waals surface area contributed by atoms with Crippen LogP contribution in [0.25, 0.3) is 0 Å². The molecule has 1 atom stereocenters. The highest BCUT2D eigenvalue weighted by Gasteiger charge is 2.24. The van der Waals surface area contributed by atoms with E-state index in [1.807, 2.05) is 0 Å². The zero-order valence-corrected chi connectivity index (χ0v) is 12.7. The van der Waals surface area contributed by atoms with Gasteiger partial charge in [0.1, 0.15) is 5.82 Å². The summed E-state index contributed by atoms with van der Waals surface area (Å²) in [6.07, 6.45) is 1.10. The molecule has 1 aliphatic heterocycles. The fourth-order valence-electron chi connectivity index (χ4n) is 2.47. The van der Waals surface area contributed by atoms with Gasteiger partial charge in [-0.05, 0) is 50.2 Å². The number of β-amino-alcohol motifs (C(OH)–C–C–N with tert-alkyl or cyclic N) is 1. The molecule has 1 aromatic rings. The number of nitrogens with zero attached hydrogens (tertiary/aromatic N) is 1. The zero-order chi connectivity index (χ0) is 15.2. The van der Waals surface area contributed by atoms with E-state index in [1.54, 1.807) is 12.1 Å². The van der Waals surface area contributed by atoms with E-state index in [-0.39, 0.29) is 17.6 Å². The van der Waals surface area contributed by atoms with Gasteiger partial charge in [-0.3, -0.25) is 4.79 Å². The van der Waals surface area contributed by atoms with Gasteiger partial charge >= 0.3 is 0 Å². The summed E-state index contributed by atoms with van der Waals surface area (Å²) in [6.45, 7) is 2.19. The van der Waals surface area contributed by atoms with E-state index in [9.17, 15) is 14.3 Å². The van der Waals surface area contributed by atoms with E-state index in [1.165, 1.54) is 23.9 Å². The largest absolute Gasteiger partial charge is 0.391 e. The summed E-state index contributed by atoms with van der Waals surface area (Å²) in [4.78, 5) is 14.2. The van der Waals surface area contributed by atoms with Crippen molar-refractivity contribution < 1.29 is 14.3 Å². The minimum absolute atomic E-state index is 0.0213. The summed E-state index contributed by atoms with van der Waals surface area (Å²) >= 11 is 1.51. The average molecular weight is 312 g/mol. The van der Waals surface area contributed by atoms with Gasteiger partial charge in [0.25, 0.3) is 0 Å². The molecule has 0 bridgehead atoms. The first kappa shape index (κ1) is 16.3. The number of amides is 1. The summed E-state index contributed by atoms with van der Waals surface area (Å²) in [7, 11) is 0. The Labute approximate surface area is 128 Å². The number of hydrogen-bond donors (Lipinski definition) is 2. The van der Waals surface area contributed by atoms with Gasteiger partial charge in [-0.15, -0.1) is 11.8 Å². The Bertz CT molecular complexity index is 461. The number of likely N-dealkylation sites (tertiary alicyclic amines) is 1. The summed E-state index contributed by atoms with van der Waals surface area (Å²) in [5.41, 5.74) is 5.30. The van der Waals surface area contributed by atoms with Gasteiger partial charge in [0.05, 0.1) is 6.10 Å². The number of hydrogen-bond acceptors (Lipinski definition) is 4. The van der Waals surface area contributed by atoms with Crippen LogP contribution in [0.2, 0.25) is 0 Å². The van der Waals surface area contributed by atoms with Gasteiger partial charge in [-0.2, -0.15) is 0 Å². The summed E-state index contributed by atoms with van der Waals surface area (Å²) in [5, 5.41) is 10.1. The van der Waals surface area contributed by atoms with Crippen molar-refractivity contribution >= 4 is 17.7 Å². The van der Waals surface area contributed by atoms with E-state index in [2.05, 4.69) is 4.90 Å². The molecule has 0 unspecified atom stereocenters. The van der Waals surface area contributed by atoms with Crippen molar-refractivity contribution in [3.63, 3.8) is 0 Å². The van der Waals surface area contributed by atoms with Crippen LogP contribution < -0.4 is 5.73 Å². The molecule has 0 spiro atoms. The van der Waals surface area contributed by atoms with E-state index in [4.69, 9.17) is 5.73 Å². The van der Waals surface area contributed by atoms with Crippen molar-refractivity contribution in [2.75, 3.05) is 25.4 Å². The van der Waals surface area contributed by atoms with Gasteiger partial charge in [0, 0.05) is 23.1 Å². The molecule has 1 aromatic carbocycles. The predicted octanol–water partition coefficient (Wildman–Crippen LogP) is 1.48. The number of benzene rings is 1. The third kappa shape index (κ3) is 5.30. The number of halogens is 1. The van der Waals surface area contributed by atoms with Gasteiger partial charge in [0.15, 0.2) is 0 Å². The molecule has 1 amide bonds. The Balaban J connectivity index is 1.69. The molecule has 2 rings (SSSR count). The van der Waals surface area contributed by atoms with E-state index < -0.39 is 6.10 Å². The third-order valence-corrected chi connectivity index (χ3v) is 4.87. The maximum atomic E-state index is 12.8. The van der Waals surface area contributed by atoms with Crippen molar-refractivity contribution in [2.45, 2.75) is 23.8 Å². The Morgan fingerprint density at radius 1 is 1.38 bits per heavy atom. The summed E-state index contributed by atoms with van der Waals surface area (Å²) in [5.74, 6) is 0.0766. The molecule has 1 fully saturated rings. The van der Waals surface area contributed by atoms with Crippen LogP contribution in [0.1, 0.15) is 12.8 Å². The third-order valence-electron chi connectivity index (χ3n) is 3.71. The molecule has 4 nitrogen and oxygen atoms in total. The number of carbonyl (C=O) groups excluding carboxylic acids is 1. The number of aliphatic hydroxyl groups excluding tert-OH is 1. The fraction of sp³-hybridized carbons (Fsp3) is 0.533. The minimum atomic E-state index is -0.440. The van der Waals surface area contributed by atoms with Crippen LogP contribution in [-0.2, 0) is 4.79 Å². The SMILES string of the molecule is NC(=O)C1CCN(C[C@H](O)CSc2ccc(F)cc2)CC1. The smallest absolute Gasteiger partial charge is 0.220 e. The van der Waals surface area contributed by atoms with E-state index in [0.29, 0.717) is 12.3 Å². The molecular formula is C15H21FN2O2S. The highest BCUT2D eigenvalue weighted by molar-refractivity contribution is 7.99. The molecule has 0 aromatic heterocycles. The normalized spacial score (nSPS) is 18.6. The number of rotatable bonds is 6. The lowest BCUT2D eigenvalue weighted by Crippen LogP contribution is -2.42. The second-order valence-electron chi connectivity index (χ2n) is 5.40. The first-order valence-electron chi connectivity index (χ1n) is 7.12. The van der Waals surface area contributed by atoms with Crippen LogP contribution in [0.15, 0.2) is 29.2 Å². The highest BCUT2D eigenvalue weighted by Crippen LogP contribution is 2.21. The first-order chi connectivity index (χ1) is 10.0. The maximum absolute atomic E-state index is 12.8.